The molecule has 1 N–H and O–H groups in total. The van der Waals surface area contributed by atoms with Gasteiger partial charge >= 0.3 is 0 Å². The molecule has 3 aromatic carbocycles. The average molecular weight is 363 g/mol. The second kappa shape index (κ2) is 7.18. The van der Waals surface area contributed by atoms with E-state index in [0.717, 1.165) is 22.3 Å². The molecule has 4 heteroatoms. The highest BCUT2D eigenvalue weighted by atomic mass is 35.5. The van der Waals surface area contributed by atoms with Crippen LogP contribution >= 0.6 is 23.4 Å². The number of aromatic nitrogens is 1. The maximum atomic E-state index is 6.08. The highest BCUT2D eigenvalue weighted by molar-refractivity contribution is 7.99. The number of hydrogen-bond donors (Lipinski definition) is 1. The Kier molecular flexibility index (Phi) is 4.59. The third-order valence-corrected chi connectivity index (χ3v) is 5.15. The molecule has 1 aromatic heterocycles. The van der Waals surface area contributed by atoms with E-state index in [4.69, 9.17) is 11.6 Å². The molecule has 0 spiro atoms. The van der Waals surface area contributed by atoms with Gasteiger partial charge in [0.15, 0.2) is 0 Å². The van der Waals surface area contributed by atoms with Crippen LogP contribution < -0.4 is 5.32 Å². The molecule has 0 radical (unpaired) electrons. The minimum atomic E-state index is 0.692. The van der Waals surface area contributed by atoms with Crippen LogP contribution in [0.5, 0.6) is 0 Å². The molecule has 0 aliphatic rings. The summed E-state index contributed by atoms with van der Waals surface area (Å²) in [5.41, 5.74) is 2.97. The van der Waals surface area contributed by atoms with Crippen molar-refractivity contribution < 1.29 is 0 Å². The number of pyridine rings is 1. The van der Waals surface area contributed by atoms with Gasteiger partial charge in [-0.25, -0.2) is 0 Å². The zero-order valence-corrected chi connectivity index (χ0v) is 14.9. The minimum absolute atomic E-state index is 0.692. The fraction of sp³-hybridized carbons (Fsp3) is 0. The van der Waals surface area contributed by atoms with Crippen LogP contribution in [-0.2, 0) is 0 Å². The summed E-state index contributed by atoms with van der Waals surface area (Å²) in [7, 11) is 0. The Hall–Kier alpha value is -2.49. The summed E-state index contributed by atoms with van der Waals surface area (Å²) in [5.74, 6) is 0. The predicted molar refractivity (Wildman–Crippen MR) is 107 cm³/mol. The van der Waals surface area contributed by atoms with E-state index in [1.807, 2.05) is 36.4 Å². The summed E-state index contributed by atoms with van der Waals surface area (Å²) in [4.78, 5) is 6.79. The van der Waals surface area contributed by atoms with Gasteiger partial charge in [-0.1, -0.05) is 53.7 Å². The topological polar surface area (TPSA) is 24.9 Å². The summed E-state index contributed by atoms with van der Waals surface area (Å²) < 4.78 is 0. The number of nitrogens with one attached hydrogen (secondary N) is 1. The molecule has 25 heavy (non-hydrogen) atoms. The van der Waals surface area contributed by atoms with Crippen LogP contribution in [0.1, 0.15) is 0 Å². The van der Waals surface area contributed by atoms with E-state index in [9.17, 15) is 0 Å². The fourth-order valence-corrected chi connectivity index (χ4v) is 3.74. The summed E-state index contributed by atoms with van der Waals surface area (Å²) in [6.07, 6.45) is 1.80. The lowest BCUT2D eigenvalue weighted by molar-refractivity contribution is 1.37. The SMILES string of the molecule is Clc1ccc2c(Nc3ccccc3Sc3ccccc3)ccnc2c1. The predicted octanol–water partition coefficient (Wildman–Crippen LogP) is 6.78. The molecule has 0 aliphatic carbocycles. The Bertz CT molecular complexity index is 1020. The zero-order valence-electron chi connectivity index (χ0n) is 13.3. The zero-order chi connectivity index (χ0) is 17.1. The van der Waals surface area contributed by atoms with Crippen LogP contribution in [0.4, 0.5) is 11.4 Å². The molecule has 4 rings (SSSR count). The van der Waals surface area contributed by atoms with Crippen molar-refractivity contribution in [1.82, 2.24) is 4.98 Å². The second-order valence-corrected chi connectivity index (χ2v) is 7.11. The Labute approximate surface area is 155 Å². The van der Waals surface area contributed by atoms with Crippen LogP contribution in [0, 0.1) is 0 Å². The number of anilines is 2. The van der Waals surface area contributed by atoms with Gasteiger partial charge in [-0.05, 0) is 48.5 Å². The molecule has 0 aliphatic heterocycles. The minimum Gasteiger partial charge on any atom is -0.354 e. The summed E-state index contributed by atoms with van der Waals surface area (Å²) >= 11 is 7.83. The lowest BCUT2D eigenvalue weighted by Crippen LogP contribution is -1.94. The van der Waals surface area contributed by atoms with Crippen LogP contribution in [-0.4, -0.2) is 4.98 Å². The first-order chi connectivity index (χ1) is 12.3. The fourth-order valence-electron chi connectivity index (χ4n) is 2.65. The van der Waals surface area contributed by atoms with E-state index >= 15 is 0 Å². The van der Waals surface area contributed by atoms with Gasteiger partial charge in [-0.3, -0.25) is 4.98 Å². The number of fused-ring (bicyclic) bond motifs is 1. The first-order valence-corrected chi connectivity index (χ1v) is 9.12. The van der Waals surface area contributed by atoms with E-state index in [2.05, 4.69) is 52.8 Å². The summed E-state index contributed by atoms with van der Waals surface area (Å²) in [6, 6.07) is 26.4. The van der Waals surface area contributed by atoms with Crippen molar-refractivity contribution in [2.24, 2.45) is 0 Å². The average Bonchev–Trinajstić information content (AvgIpc) is 2.64. The third-order valence-electron chi connectivity index (χ3n) is 3.83. The Balaban J connectivity index is 1.70. The molecular formula is C21H15ClN2S. The number of halogens is 1. The maximum absolute atomic E-state index is 6.08. The molecule has 2 nitrogen and oxygen atoms in total. The van der Waals surface area contributed by atoms with Gasteiger partial charge in [0.05, 0.1) is 11.2 Å². The van der Waals surface area contributed by atoms with Crippen molar-refractivity contribution in [3.05, 3.63) is 90.1 Å². The van der Waals surface area contributed by atoms with Crippen LogP contribution in [0.15, 0.2) is 94.9 Å². The van der Waals surface area contributed by atoms with Crippen molar-refractivity contribution in [2.45, 2.75) is 9.79 Å². The van der Waals surface area contributed by atoms with Gasteiger partial charge in [-0.2, -0.15) is 0 Å². The molecule has 122 valence electrons. The van der Waals surface area contributed by atoms with E-state index < -0.39 is 0 Å². The number of benzene rings is 3. The van der Waals surface area contributed by atoms with E-state index in [0.29, 0.717) is 5.02 Å². The lowest BCUT2D eigenvalue weighted by Gasteiger charge is -2.13. The van der Waals surface area contributed by atoms with E-state index in [-0.39, 0.29) is 0 Å². The van der Waals surface area contributed by atoms with Gasteiger partial charge in [-0.15, -0.1) is 0 Å². The van der Waals surface area contributed by atoms with Crippen molar-refractivity contribution in [3.8, 4) is 0 Å². The molecule has 0 fully saturated rings. The summed E-state index contributed by atoms with van der Waals surface area (Å²) in [6.45, 7) is 0. The molecule has 0 bridgehead atoms. The highest BCUT2D eigenvalue weighted by Crippen LogP contribution is 2.36. The molecule has 1 heterocycles. The van der Waals surface area contributed by atoms with E-state index in [1.54, 1.807) is 18.0 Å². The standard InChI is InChI=1S/C21H15ClN2S/c22-15-10-11-17-18(12-13-23-20(17)14-15)24-19-8-4-5-9-21(19)25-16-6-2-1-3-7-16/h1-14H,(H,23,24). The molecule has 0 saturated heterocycles. The molecule has 0 atom stereocenters. The van der Waals surface area contributed by atoms with Gasteiger partial charge < -0.3 is 5.32 Å². The van der Waals surface area contributed by atoms with Crippen molar-refractivity contribution in [2.75, 3.05) is 5.32 Å². The Morgan fingerprint density at radius 3 is 2.48 bits per heavy atom. The van der Waals surface area contributed by atoms with Gasteiger partial charge in [0.1, 0.15) is 0 Å². The smallest absolute Gasteiger partial charge is 0.0737 e. The number of nitrogens with zero attached hydrogens (tertiary/aromatic N) is 1. The molecular weight excluding hydrogens is 348 g/mol. The number of hydrogen-bond acceptors (Lipinski definition) is 3. The van der Waals surface area contributed by atoms with E-state index in [1.165, 1.54) is 9.79 Å². The number of rotatable bonds is 4. The van der Waals surface area contributed by atoms with Gasteiger partial charge in [0.2, 0.25) is 0 Å². The number of para-hydroxylation sites is 1. The van der Waals surface area contributed by atoms with Gasteiger partial charge in [0, 0.05) is 32.1 Å². The third kappa shape index (κ3) is 3.63. The molecule has 0 amide bonds. The molecule has 0 saturated carbocycles. The first kappa shape index (κ1) is 16.0. The van der Waals surface area contributed by atoms with Crippen molar-refractivity contribution in [3.63, 3.8) is 0 Å². The Morgan fingerprint density at radius 2 is 1.60 bits per heavy atom. The normalized spacial score (nSPS) is 10.8. The van der Waals surface area contributed by atoms with Crippen LogP contribution in [0.25, 0.3) is 10.9 Å². The second-order valence-electron chi connectivity index (χ2n) is 5.56. The monoisotopic (exact) mass is 362 g/mol. The van der Waals surface area contributed by atoms with Crippen molar-refractivity contribution in [1.29, 1.82) is 0 Å². The van der Waals surface area contributed by atoms with Gasteiger partial charge in [0.25, 0.3) is 0 Å². The largest absolute Gasteiger partial charge is 0.354 e. The molecule has 4 aromatic rings. The lowest BCUT2D eigenvalue weighted by atomic mass is 10.2. The van der Waals surface area contributed by atoms with Crippen LogP contribution in [0.3, 0.4) is 0 Å². The molecule has 0 unspecified atom stereocenters. The summed E-state index contributed by atoms with van der Waals surface area (Å²) in [5, 5.41) is 5.29. The quantitative estimate of drug-likeness (QED) is 0.433. The maximum Gasteiger partial charge on any atom is 0.0737 e. The van der Waals surface area contributed by atoms with Crippen LogP contribution in [0.2, 0.25) is 5.02 Å². The highest BCUT2D eigenvalue weighted by Gasteiger charge is 2.07. The van der Waals surface area contributed by atoms with Crippen molar-refractivity contribution >= 4 is 45.6 Å². The Morgan fingerprint density at radius 1 is 0.800 bits per heavy atom. The first-order valence-electron chi connectivity index (χ1n) is 7.93.